The molecule has 1 aromatic heterocycles. The lowest BCUT2D eigenvalue weighted by atomic mass is 9.94. The van der Waals surface area contributed by atoms with Gasteiger partial charge in [0.2, 0.25) is 15.5 Å². The van der Waals surface area contributed by atoms with E-state index in [1.54, 1.807) is 6.07 Å². The van der Waals surface area contributed by atoms with E-state index in [-0.39, 0.29) is 27.7 Å². The summed E-state index contributed by atoms with van der Waals surface area (Å²) in [6, 6.07) is 4.52. The van der Waals surface area contributed by atoms with Crippen molar-refractivity contribution in [2.24, 2.45) is 11.8 Å². The molecule has 1 aliphatic carbocycles. The van der Waals surface area contributed by atoms with Crippen LogP contribution in [-0.2, 0) is 10.0 Å². The number of carbonyl (C=O) groups is 1. The minimum absolute atomic E-state index is 0.00473. The van der Waals surface area contributed by atoms with Gasteiger partial charge in [0.15, 0.2) is 0 Å². The molecule has 1 fully saturated rings. The molecule has 1 aromatic carbocycles. The quantitative estimate of drug-likeness (QED) is 0.626. The molecule has 0 unspecified atom stereocenters. The summed E-state index contributed by atoms with van der Waals surface area (Å²) in [4.78, 5) is 28.8. The number of benzene rings is 1. The molecule has 1 saturated heterocycles. The number of aromatic nitrogens is 1. The lowest BCUT2D eigenvalue weighted by Crippen LogP contribution is -2.42. The molecule has 2 heterocycles. The van der Waals surface area contributed by atoms with Crippen LogP contribution in [0.5, 0.6) is 0 Å². The Labute approximate surface area is 195 Å². The maximum Gasteiger partial charge on any atom is 0.256 e. The van der Waals surface area contributed by atoms with Gasteiger partial charge >= 0.3 is 0 Å². The smallest absolute Gasteiger partial charge is 0.256 e. The van der Waals surface area contributed by atoms with Crippen molar-refractivity contribution in [2.45, 2.75) is 57.3 Å². The normalized spacial score (nSPS) is 22.2. The van der Waals surface area contributed by atoms with Crippen LogP contribution in [0.4, 0.5) is 0 Å². The standard InChI is InChI=1S/C25H33N3O4S/c1-17-12-18(2)16-28(15-17)33(31,32)20-8-9-23-21(13-20)24(29)22(14-27-23)25(30)26-11-10-19-6-4-3-5-7-19/h6,8-9,13-14,17-18H,3-5,7,10-12,15-16H2,1-2H3,(H,26,30)(H,27,29)/t17-,18-/m1/s1. The Balaban J connectivity index is 1.56. The average Bonchev–Trinajstić information content (AvgIpc) is 2.79. The van der Waals surface area contributed by atoms with Crippen molar-refractivity contribution in [3.05, 3.63) is 51.8 Å². The molecule has 33 heavy (non-hydrogen) atoms. The van der Waals surface area contributed by atoms with Crippen LogP contribution in [0, 0.1) is 11.8 Å². The number of amides is 1. The summed E-state index contributed by atoms with van der Waals surface area (Å²) in [6.07, 6.45) is 9.99. The van der Waals surface area contributed by atoms with Crippen LogP contribution in [0.25, 0.3) is 10.9 Å². The average molecular weight is 472 g/mol. The molecule has 2 aromatic rings. The number of H-pyrrole nitrogens is 1. The summed E-state index contributed by atoms with van der Waals surface area (Å²) >= 11 is 0. The fourth-order valence-electron chi connectivity index (χ4n) is 5.04. The molecule has 0 saturated carbocycles. The van der Waals surface area contributed by atoms with Gasteiger partial charge < -0.3 is 10.3 Å². The van der Waals surface area contributed by atoms with E-state index in [4.69, 9.17) is 0 Å². The number of sulfonamides is 1. The number of rotatable bonds is 6. The van der Waals surface area contributed by atoms with E-state index in [1.165, 1.54) is 41.0 Å². The first kappa shape index (κ1) is 23.7. The summed E-state index contributed by atoms with van der Waals surface area (Å²) in [6.45, 7) is 5.53. The van der Waals surface area contributed by atoms with Crippen LogP contribution in [0.3, 0.4) is 0 Å². The Morgan fingerprint density at radius 3 is 2.64 bits per heavy atom. The Kier molecular flexibility index (Phi) is 7.05. The second-order valence-corrected chi connectivity index (χ2v) is 11.6. The predicted molar refractivity (Wildman–Crippen MR) is 130 cm³/mol. The molecule has 8 heteroatoms. The zero-order valence-electron chi connectivity index (χ0n) is 19.4. The molecule has 0 radical (unpaired) electrons. The monoisotopic (exact) mass is 471 g/mol. The third-order valence-corrected chi connectivity index (χ3v) is 8.51. The van der Waals surface area contributed by atoms with Crippen LogP contribution in [0.1, 0.15) is 62.7 Å². The van der Waals surface area contributed by atoms with Crippen molar-refractivity contribution < 1.29 is 13.2 Å². The molecule has 2 atom stereocenters. The van der Waals surface area contributed by atoms with Gasteiger partial charge in [0, 0.05) is 36.7 Å². The second-order valence-electron chi connectivity index (χ2n) is 9.62. The van der Waals surface area contributed by atoms with Crippen molar-refractivity contribution in [3.63, 3.8) is 0 Å². The van der Waals surface area contributed by atoms with E-state index in [0.29, 0.717) is 25.2 Å². The van der Waals surface area contributed by atoms with Gasteiger partial charge in [-0.05, 0) is 68.6 Å². The maximum atomic E-state index is 13.3. The van der Waals surface area contributed by atoms with Crippen molar-refractivity contribution >= 4 is 26.8 Å². The molecule has 2 N–H and O–H groups in total. The van der Waals surface area contributed by atoms with Crippen LogP contribution >= 0.6 is 0 Å². The van der Waals surface area contributed by atoms with Gasteiger partial charge in [-0.15, -0.1) is 0 Å². The summed E-state index contributed by atoms with van der Waals surface area (Å²) in [5.41, 5.74) is 1.39. The predicted octanol–water partition coefficient (Wildman–Crippen LogP) is 3.82. The van der Waals surface area contributed by atoms with E-state index < -0.39 is 21.4 Å². The van der Waals surface area contributed by atoms with E-state index in [0.717, 1.165) is 25.7 Å². The third-order valence-electron chi connectivity index (χ3n) is 6.69. The highest BCUT2D eigenvalue weighted by Crippen LogP contribution is 2.27. The van der Waals surface area contributed by atoms with Crippen molar-refractivity contribution in [3.8, 4) is 0 Å². The highest BCUT2D eigenvalue weighted by atomic mass is 32.2. The molecule has 7 nitrogen and oxygen atoms in total. The molecule has 4 rings (SSSR count). The Bertz CT molecular complexity index is 1220. The number of hydrogen-bond donors (Lipinski definition) is 2. The fourth-order valence-corrected chi connectivity index (χ4v) is 6.75. The summed E-state index contributed by atoms with van der Waals surface area (Å²) in [5, 5.41) is 3.04. The number of nitrogens with one attached hydrogen (secondary N) is 2. The Morgan fingerprint density at radius 2 is 1.94 bits per heavy atom. The van der Waals surface area contributed by atoms with Gasteiger partial charge in [-0.25, -0.2) is 8.42 Å². The van der Waals surface area contributed by atoms with E-state index >= 15 is 0 Å². The fraction of sp³-hybridized carbons (Fsp3) is 0.520. The largest absolute Gasteiger partial charge is 0.360 e. The van der Waals surface area contributed by atoms with E-state index in [2.05, 4.69) is 30.2 Å². The molecular weight excluding hydrogens is 438 g/mol. The number of hydrogen-bond acceptors (Lipinski definition) is 4. The first-order chi connectivity index (χ1) is 15.8. The van der Waals surface area contributed by atoms with Crippen LogP contribution in [0.15, 0.2) is 45.7 Å². The molecule has 1 amide bonds. The Hall–Kier alpha value is -2.45. The maximum absolute atomic E-state index is 13.3. The highest BCUT2D eigenvalue weighted by Gasteiger charge is 2.32. The van der Waals surface area contributed by atoms with Gasteiger partial charge in [0.1, 0.15) is 5.56 Å². The lowest BCUT2D eigenvalue weighted by Gasteiger charge is -2.34. The number of allylic oxidation sites excluding steroid dienone is 1. The first-order valence-electron chi connectivity index (χ1n) is 11.9. The number of pyridine rings is 1. The number of fused-ring (bicyclic) bond motifs is 1. The second kappa shape index (κ2) is 9.81. The molecular formula is C25H33N3O4S. The van der Waals surface area contributed by atoms with Gasteiger partial charge in [-0.2, -0.15) is 4.31 Å². The van der Waals surface area contributed by atoms with Crippen LogP contribution in [0.2, 0.25) is 0 Å². The van der Waals surface area contributed by atoms with Crippen LogP contribution < -0.4 is 10.7 Å². The molecule has 0 spiro atoms. The minimum atomic E-state index is -3.72. The van der Waals surface area contributed by atoms with E-state index in [1.807, 2.05) is 0 Å². The van der Waals surface area contributed by atoms with Gasteiger partial charge in [-0.3, -0.25) is 9.59 Å². The molecule has 1 aliphatic heterocycles. The number of nitrogens with zero attached hydrogens (tertiary/aromatic N) is 1. The van der Waals surface area contributed by atoms with Crippen LogP contribution in [-0.4, -0.2) is 43.2 Å². The topological polar surface area (TPSA) is 99.3 Å². The lowest BCUT2D eigenvalue weighted by molar-refractivity contribution is 0.0953. The number of piperidine rings is 1. The van der Waals surface area contributed by atoms with Crippen molar-refractivity contribution in [2.75, 3.05) is 19.6 Å². The van der Waals surface area contributed by atoms with Crippen molar-refractivity contribution in [1.82, 2.24) is 14.6 Å². The summed E-state index contributed by atoms with van der Waals surface area (Å²) in [5.74, 6) is 0.126. The zero-order valence-corrected chi connectivity index (χ0v) is 20.2. The van der Waals surface area contributed by atoms with Gasteiger partial charge in [0.25, 0.3) is 5.91 Å². The summed E-state index contributed by atoms with van der Waals surface area (Å²) < 4.78 is 28.1. The zero-order chi connectivity index (χ0) is 23.6. The Morgan fingerprint density at radius 1 is 1.18 bits per heavy atom. The van der Waals surface area contributed by atoms with Gasteiger partial charge in [-0.1, -0.05) is 25.5 Å². The number of aromatic amines is 1. The molecule has 0 bridgehead atoms. The van der Waals surface area contributed by atoms with Gasteiger partial charge in [0.05, 0.1) is 4.90 Å². The van der Waals surface area contributed by atoms with Crippen molar-refractivity contribution in [1.29, 1.82) is 0 Å². The molecule has 2 aliphatic rings. The molecule has 178 valence electrons. The minimum Gasteiger partial charge on any atom is -0.360 e. The third kappa shape index (κ3) is 5.22. The SMILES string of the molecule is C[C@@H]1C[C@@H](C)CN(S(=O)(=O)c2ccc3[nH]cc(C(=O)NCCC4=CCCCC4)c(=O)c3c2)C1. The summed E-state index contributed by atoms with van der Waals surface area (Å²) in [7, 11) is -3.72. The first-order valence-corrected chi connectivity index (χ1v) is 13.3. The number of carbonyl (C=O) groups excluding carboxylic acids is 1. The highest BCUT2D eigenvalue weighted by molar-refractivity contribution is 7.89. The van der Waals surface area contributed by atoms with E-state index in [9.17, 15) is 18.0 Å².